The minimum Gasteiger partial charge on any atom is -0.462 e. The summed E-state index contributed by atoms with van der Waals surface area (Å²) >= 11 is 0. The summed E-state index contributed by atoms with van der Waals surface area (Å²) in [4.78, 5) is 16.3. The van der Waals surface area contributed by atoms with Gasteiger partial charge in [-0.2, -0.15) is 5.10 Å². The SMILES string of the molecule is CCOC(=O)c1cnn2ccc(N[C@@H]3CCCC[C@@H]3O)nc12. The highest BCUT2D eigenvalue weighted by Crippen LogP contribution is 2.22. The van der Waals surface area contributed by atoms with Gasteiger partial charge in [-0.1, -0.05) is 12.8 Å². The van der Waals surface area contributed by atoms with Gasteiger partial charge in [-0.05, 0) is 25.8 Å². The maximum atomic E-state index is 11.9. The molecule has 0 radical (unpaired) electrons. The summed E-state index contributed by atoms with van der Waals surface area (Å²) in [5.74, 6) is 0.198. The number of fused-ring (bicyclic) bond motifs is 1. The molecular formula is C15H20N4O3. The molecule has 2 heterocycles. The quantitative estimate of drug-likeness (QED) is 0.834. The van der Waals surface area contributed by atoms with Gasteiger partial charge in [-0.25, -0.2) is 14.3 Å². The molecule has 0 bridgehead atoms. The molecule has 0 unspecified atom stereocenters. The second-order valence-electron chi connectivity index (χ2n) is 5.46. The first kappa shape index (κ1) is 14.8. The van der Waals surface area contributed by atoms with Crippen LogP contribution in [0.3, 0.4) is 0 Å². The molecule has 0 aliphatic heterocycles. The highest BCUT2D eigenvalue weighted by Gasteiger charge is 2.23. The lowest BCUT2D eigenvalue weighted by atomic mass is 9.93. The number of esters is 1. The van der Waals surface area contributed by atoms with E-state index in [9.17, 15) is 9.90 Å². The van der Waals surface area contributed by atoms with Gasteiger partial charge in [-0.15, -0.1) is 0 Å². The predicted octanol–water partition coefficient (Wildman–Crippen LogP) is 1.62. The fraction of sp³-hybridized carbons (Fsp3) is 0.533. The minimum absolute atomic E-state index is 0.00216. The summed E-state index contributed by atoms with van der Waals surface area (Å²) in [6, 6.07) is 1.79. The molecule has 0 saturated heterocycles. The fourth-order valence-electron chi connectivity index (χ4n) is 2.77. The van der Waals surface area contributed by atoms with Crippen LogP contribution >= 0.6 is 0 Å². The van der Waals surface area contributed by atoms with Crippen LogP contribution in [0.15, 0.2) is 18.5 Å². The van der Waals surface area contributed by atoms with Crippen molar-refractivity contribution in [3.63, 3.8) is 0 Å². The van der Waals surface area contributed by atoms with Gasteiger partial charge in [-0.3, -0.25) is 0 Å². The van der Waals surface area contributed by atoms with Gasteiger partial charge in [0.05, 0.1) is 24.9 Å². The van der Waals surface area contributed by atoms with Crippen LogP contribution in [0.2, 0.25) is 0 Å². The predicted molar refractivity (Wildman–Crippen MR) is 80.8 cm³/mol. The highest BCUT2D eigenvalue weighted by molar-refractivity contribution is 5.95. The summed E-state index contributed by atoms with van der Waals surface area (Å²) in [7, 11) is 0. The van der Waals surface area contributed by atoms with Crippen LogP contribution in [0, 0.1) is 0 Å². The molecular weight excluding hydrogens is 284 g/mol. The molecule has 0 aromatic carbocycles. The summed E-state index contributed by atoms with van der Waals surface area (Å²) in [6.45, 7) is 2.07. The zero-order chi connectivity index (χ0) is 15.5. The molecule has 1 aliphatic carbocycles. The van der Waals surface area contributed by atoms with Gasteiger partial charge >= 0.3 is 5.97 Å². The van der Waals surface area contributed by atoms with Crippen LogP contribution in [0.5, 0.6) is 0 Å². The Morgan fingerprint density at radius 1 is 1.50 bits per heavy atom. The Labute approximate surface area is 128 Å². The zero-order valence-electron chi connectivity index (χ0n) is 12.5. The van der Waals surface area contributed by atoms with Crippen LogP contribution in [-0.2, 0) is 4.74 Å². The van der Waals surface area contributed by atoms with Gasteiger partial charge in [0, 0.05) is 6.20 Å². The highest BCUT2D eigenvalue weighted by atomic mass is 16.5. The van der Waals surface area contributed by atoms with Crippen molar-refractivity contribution in [2.24, 2.45) is 0 Å². The third-order valence-corrected chi connectivity index (χ3v) is 3.93. The first-order chi connectivity index (χ1) is 10.7. The topological polar surface area (TPSA) is 88.8 Å². The van der Waals surface area contributed by atoms with Crippen molar-refractivity contribution in [2.75, 3.05) is 11.9 Å². The number of nitrogens with zero attached hydrogens (tertiary/aromatic N) is 3. The number of hydrogen-bond acceptors (Lipinski definition) is 6. The van der Waals surface area contributed by atoms with E-state index in [2.05, 4.69) is 15.4 Å². The number of aromatic nitrogens is 3. The molecule has 0 spiro atoms. The number of ether oxygens (including phenoxy) is 1. The molecule has 2 N–H and O–H groups in total. The van der Waals surface area contributed by atoms with Gasteiger partial charge in [0.1, 0.15) is 11.4 Å². The van der Waals surface area contributed by atoms with Crippen LogP contribution in [-0.4, -0.2) is 44.4 Å². The molecule has 2 aromatic heterocycles. The lowest BCUT2D eigenvalue weighted by molar-refractivity contribution is 0.0528. The van der Waals surface area contributed by atoms with E-state index >= 15 is 0 Å². The second-order valence-corrected chi connectivity index (χ2v) is 5.46. The Kier molecular flexibility index (Phi) is 4.24. The lowest BCUT2D eigenvalue weighted by Crippen LogP contribution is -2.36. The monoisotopic (exact) mass is 304 g/mol. The van der Waals surface area contributed by atoms with Crippen molar-refractivity contribution in [1.29, 1.82) is 0 Å². The van der Waals surface area contributed by atoms with E-state index in [1.807, 2.05) is 0 Å². The Bertz CT molecular complexity index is 670. The molecule has 7 heteroatoms. The summed E-state index contributed by atoms with van der Waals surface area (Å²) in [5, 5.41) is 17.4. The number of rotatable bonds is 4. The van der Waals surface area contributed by atoms with Crippen molar-refractivity contribution in [3.05, 3.63) is 24.0 Å². The standard InChI is InChI=1S/C15H20N4O3/c1-2-22-15(21)10-9-16-19-8-7-13(18-14(10)19)17-11-5-3-4-6-12(11)20/h7-9,11-12,20H,2-6H2,1H3,(H,17,18)/t11-,12+/m1/s1. The van der Waals surface area contributed by atoms with E-state index in [1.165, 1.54) is 10.7 Å². The Balaban J connectivity index is 1.85. The third-order valence-electron chi connectivity index (χ3n) is 3.93. The number of aliphatic hydroxyl groups is 1. The summed E-state index contributed by atoms with van der Waals surface area (Å²) < 4.78 is 6.55. The number of hydrogen-bond donors (Lipinski definition) is 2. The number of carbonyl (C=O) groups excluding carboxylic acids is 1. The normalized spacial score (nSPS) is 21.7. The molecule has 2 atom stereocenters. The third kappa shape index (κ3) is 2.89. The van der Waals surface area contributed by atoms with Crippen molar-refractivity contribution in [3.8, 4) is 0 Å². The van der Waals surface area contributed by atoms with Gasteiger partial charge in [0.25, 0.3) is 0 Å². The molecule has 118 valence electrons. The van der Waals surface area contributed by atoms with E-state index in [0.29, 0.717) is 23.6 Å². The molecule has 7 nitrogen and oxygen atoms in total. The molecule has 3 rings (SSSR count). The first-order valence-corrected chi connectivity index (χ1v) is 7.65. The molecule has 2 aromatic rings. The van der Waals surface area contributed by atoms with E-state index in [-0.39, 0.29) is 12.1 Å². The number of carbonyl (C=O) groups is 1. The minimum atomic E-state index is -0.431. The number of aliphatic hydroxyl groups excluding tert-OH is 1. The Hall–Kier alpha value is -2.15. The van der Waals surface area contributed by atoms with E-state index in [4.69, 9.17) is 4.74 Å². The second kappa shape index (κ2) is 6.31. The van der Waals surface area contributed by atoms with Crippen LogP contribution in [0.25, 0.3) is 5.65 Å². The molecule has 1 fully saturated rings. The number of anilines is 1. The van der Waals surface area contributed by atoms with E-state index in [1.54, 1.807) is 19.2 Å². The number of nitrogens with one attached hydrogen (secondary N) is 1. The van der Waals surface area contributed by atoms with Gasteiger partial charge in [0.15, 0.2) is 5.65 Å². The fourth-order valence-corrected chi connectivity index (χ4v) is 2.77. The lowest BCUT2D eigenvalue weighted by Gasteiger charge is -2.28. The van der Waals surface area contributed by atoms with Crippen molar-refractivity contribution >= 4 is 17.4 Å². The maximum Gasteiger partial charge on any atom is 0.343 e. The van der Waals surface area contributed by atoms with Crippen molar-refractivity contribution < 1.29 is 14.6 Å². The smallest absolute Gasteiger partial charge is 0.343 e. The molecule has 1 aliphatic rings. The average Bonchev–Trinajstić information content (AvgIpc) is 2.93. The molecule has 1 saturated carbocycles. The molecule has 22 heavy (non-hydrogen) atoms. The average molecular weight is 304 g/mol. The van der Waals surface area contributed by atoms with E-state index in [0.717, 1.165) is 25.7 Å². The Morgan fingerprint density at radius 2 is 2.32 bits per heavy atom. The van der Waals surface area contributed by atoms with Gasteiger partial charge in [0.2, 0.25) is 0 Å². The summed E-state index contributed by atoms with van der Waals surface area (Å²) in [5.41, 5.74) is 0.795. The van der Waals surface area contributed by atoms with Crippen LogP contribution in [0.1, 0.15) is 43.0 Å². The Morgan fingerprint density at radius 3 is 3.09 bits per heavy atom. The largest absolute Gasteiger partial charge is 0.462 e. The van der Waals surface area contributed by atoms with Crippen molar-refractivity contribution in [1.82, 2.24) is 14.6 Å². The van der Waals surface area contributed by atoms with Crippen LogP contribution in [0.4, 0.5) is 5.82 Å². The zero-order valence-corrected chi connectivity index (χ0v) is 12.5. The summed E-state index contributed by atoms with van der Waals surface area (Å²) in [6.07, 6.45) is 6.71. The van der Waals surface area contributed by atoms with Gasteiger partial charge < -0.3 is 15.2 Å². The van der Waals surface area contributed by atoms with E-state index < -0.39 is 5.97 Å². The molecule has 0 amide bonds. The first-order valence-electron chi connectivity index (χ1n) is 7.65. The van der Waals surface area contributed by atoms with Crippen molar-refractivity contribution in [2.45, 2.75) is 44.8 Å². The van der Waals surface area contributed by atoms with Crippen LogP contribution < -0.4 is 5.32 Å². The maximum absolute atomic E-state index is 11.9.